The maximum Gasteiger partial charge on any atom is 0.0792 e. The Morgan fingerprint density at radius 2 is 2.19 bits per heavy atom. The van der Waals surface area contributed by atoms with E-state index in [0.717, 1.165) is 37.7 Å². The van der Waals surface area contributed by atoms with E-state index in [9.17, 15) is 0 Å². The second kappa shape index (κ2) is 7.54. The number of rotatable bonds is 6. The summed E-state index contributed by atoms with van der Waals surface area (Å²) in [5.41, 5.74) is 5.60. The molecule has 3 nitrogen and oxygen atoms in total. The summed E-state index contributed by atoms with van der Waals surface area (Å²) < 4.78 is 5.78. The Morgan fingerprint density at radius 1 is 1.44 bits per heavy atom. The lowest BCUT2D eigenvalue weighted by molar-refractivity contribution is -0.0265. The summed E-state index contributed by atoms with van der Waals surface area (Å²) in [6, 6.07) is 0.638. The van der Waals surface area contributed by atoms with Gasteiger partial charge in [0, 0.05) is 24.9 Å². The predicted molar refractivity (Wildman–Crippen MR) is 72.0 cm³/mol. The van der Waals surface area contributed by atoms with Gasteiger partial charge in [-0.3, -0.25) is 4.90 Å². The molecule has 1 heterocycles. The normalized spacial score (nSPS) is 24.9. The molecule has 96 valence electrons. The lowest BCUT2D eigenvalue weighted by Crippen LogP contribution is -2.46. The molecule has 1 rings (SSSR count). The molecule has 1 aliphatic heterocycles. The summed E-state index contributed by atoms with van der Waals surface area (Å²) in [6.45, 7) is 10.6. The average molecular weight is 246 g/mol. The number of thioether (sulfide) groups is 1. The van der Waals surface area contributed by atoms with E-state index in [-0.39, 0.29) is 0 Å². The lowest BCUT2D eigenvalue weighted by atomic mass is 10.2. The van der Waals surface area contributed by atoms with Crippen LogP contribution in [0.25, 0.3) is 0 Å². The average Bonchev–Trinajstić information content (AvgIpc) is 2.29. The Labute approximate surface area is 104 Å². The first-order chi connectivity index (χ1) is 7.63. The van der Waals surface area contributed by atoms with Crippen LogP contribution in [-0.2, 0) is 4.74 Å². The van der Waals surface area contributed by atoms with Gasteiger partial charge in [-0.15, -0.1) is 0 Å². The number of nitrogens with two attached hydrogens (primary N) is 1. The third-order valence-electron chi connectivity index (χ3n) is 3.01. The van der Waals surface area contributed by atoms with E-state index in [1.54, 1.807) is 0 Å². The minimum Gasteiger partial charge on any atom is -0.375 e. The van der Waals surface area contributed by atoms with Gasteiger partial charge in [0.1, 0.15) is 0 Å². The first-order valence-corrected chi connectivity index (χ1v) is 7.42. The minimum atomic E-state index is 0.408. The Bertz CT molecular complexity index is 190. The number of morpholine rings is 1. The molecule has 0 amide bonds. The fraction of sp³-hybridized carbons (Fsp3) is 1.00. The van der Waals surface area contributed by atoms with Gasteiger partial charge in [-0.2, -0.15) is 11.8 Å². The molecule has 2 atom stereocenters. The van der Waals surface area contributed by atoms with Crippen LogP contribution in [0.4, 0.5) is 0 Å². The van der Waals surface area contributed by atoms with Gasteiger partial charge in [-0.1, -0.05) is 6.92 Å². The van der Waals surface area contributed by atoms with Crippen LogP contribution in [-0.4, -0.2) is 54.8 Å². The quantitative estimate of drug-likeness (QED) is 0.769. The van der Waals surface area contributed by atoms with Gasteiger partial charge in [0.2, 0.25) is 0 Å². The highest BCUT2D eigenvalue weighted by Crippen LogP contribution is 2.15. The van der Waals surface area contributed by atoms with Crippen molar-refractivity contribution in [2.75, 3.05) is 37.7 Å². The molecule has 1 fully saturated rings. The largest absolute Gasteiger partial charge is 0.375 e. The maximum atomic E-state index is 5.78. The van der Waals surface area contributed by atoms with E-state index >= 15 is 0 Å². The van der Waals surface area contributed by atoms with E-state index < -0.39 is 0 Å². The highest BCUT2D eigenvalue weighted by atomic mass is 32.2. The Morgan fingerprint density at radius 3 is 2.81 bits per heavy atom. The number of ether oxygens (including phenoxy) is 1. The van der Waals surface area contributed by atoms with Crippen molar-refractivity contribution in [3.8, 4) is 0 Å². The van der Waals surface area contributed by atoms with Crippen LogP contribution in [0.15, 0.2) is 0 Å². The first-order valence-electron chi connectivity index (χ1n) is 6.27. The van der Waals surface area contributed by atoms with Crippen LogP contribution in [0.2, 0.25) is 0 Å². The fourth-order valence-corrected chi connectivity index (χ4v) is 2.92. The Kier molecular flexibility index (Phi) is 6.73. The number of hydrogen-bond acceptors (Lipinski definition) is 4. The topological polar surface area (TPSA) is 38.5 Å². The highest BCUT2D eigenvalue weighted by molar-refractivity contribution is 7.99. The minimum absolute atomic E-state index is 0.408. The molecule has 2 unspecified atom stereocenters. The van der Waals surface area contributed by atoms with Gasteiger partial charge in [0.05, 0.1) is 12.7 Å². The highest BCUT2D eigenvalue weighted by Gasteiger charge is 2.21. The molecule has 1 aliphatic rings. The van der Waals surface area contributed by atoms with Gasteiger partial charge < -0.3 is 10.5 Å². The lowest BCUT2D eigenvalue weighted by Gasteiger charge is -2.35. The van der Waals surface area contributed by atoms with Crippen molar-refractivity contribution in [1.29, 1.82) is 0 Å². The Balaban J connectivity index is 2.17. The Hall–Kier alpha value is 0.230. The van der Waals surface area contributed by atoms with E-state index in [4.69, 9.17) is 10.5 Å². The van der Waals surface area contributed by atoms with Crippen molar-refractivity contribution in [2.24, 2.45) is 11.7 Å². The molecular formula is C12H26N2OS. The van der Waals surface area contributed by atoms with Crippen LogP contribution >= 0.6 is 11.8 Å². The molecule has 0 radical (unpaired) electrons. The van der Waals surface area contributed by atoms with Crippen molar-refractivity contribution in [3.05, 3.63) is 0 Å². The van der Waals surface area contributed by atoms with Crippen molar-refractivity contribution >= 4 is 11.8 Å². The molecule has 0 aliphatic carbocycles. The fourth-order valence-electron chi connectivity index (χ4n) is 1.78. The van der Waals surface area contributed by atoms with Crippen LogP contribution < -0.4 is 5.73 Å². The molecule has 0 aromatic rings. The number of hydrogen-bond donors (Lipinski definition) is 1. The first kappa shape index (κ1) is 14.3. The standard InChI is InChI=1S/C12H26N2OS/c1-10(2)14-4-5-15-12(7-14)9-16-8-11(3)6-13/h10-12H,4-9,13H2,1-3H3. The molecule has 2 N–H and O–H groups in total. The van der Waals surface area contributed by atoms with E-state index in [2.05, 4.69) is 25.7 Å². The van der Waals surface area contributed by atoms with Crippen molar-refractivity contribution < 1.29 is 4.74 Å². The molecule has 0 aromatic carbocycles. The van der Waals surface area contributed by atoms with E-state index in [0.29, 0.717) is 18.1 Å². The van der Waals surface area contributed by atoms with Crippen LogP contribution in [0.5, 0.6) is 0 Å². The zero-order valence-corrected chi connectivity index (χ0v) is 11.6. The molecular weight excluding hydrogens is 220 g/mol. The van der Waals surface area contributed by atoms with Crippen LogP contribution in [0.3, 0.4) is 0 Å². The maximum absolute atomic E-state index is 5.78. The molecule has 1 saturated heterocycles. The molecule has 0 aromatic heterocycles. The third kappa shape index (κ3) is 5.04. The summed E-state index contributed by atoms with van der Waals surface area (Å²) in [5.74, 6) is 2.88. The van der Waals surface area contributed by atoms with E-state index in [1.807, 2.05) is 11.8 Å². The van der Waals surface area contributed by atoms with Gasteiger partial charge in [0.25, 0.3) is 0 Å². The zero-order chi connectivity index (χ0) is 12.0. The third-order valence-corrected chi connectivity index (χ3v) is 4.42. The second-order valence-electron chi connectivity index (χ2n) is 4.96. The molecule has 16 heavy (non-hydrogen) atoms. The van der Waals surface area contributed by atoms with Crippen LogP contribution in [0.1, 0.15) is 20.8 Å². The van der Waals surface area contributed by atoms with Crippen molar-refractivity contribution in [2.45, 2.75) is 32.9 Å². The summed E-state index contributed by atoms with van der Waals surface area (Å²) in [7, 11) is 0. The smallest absolute Gasteiger partial charge is 0.0792 e. The molecule has 0 spiro atoms. The summed E-state index contributed by atoms with van der Waals surface area (Å²) in [4.78, 5) is 2.50. The molecule has 4 heteroatoms. The van der Waals surface area contributed by atoms with Gasteiger partial charge in [-0.25, -0.2) is 0 Å². The monoisotopic (exact) mass is 246 g/mol. The van der Waals surface area contributed by atoms with Gasteiger partial charge in [0.15, 0.2) is 0 Å². The van der Waals surface area contributed by atoms with Gasteiger partial charge in [-0.05, 0) is 32.1 Å². The second-order valence-corrected chi connectivity index (χ2v) is 6.03. The molecule has 0 saturated carbocycles. The van der Waals surface area contributed by atoms with Crippen LogP contribution in [0, 0.1) is 5.92 Å². The summed E-state index contributed by atoms with van der Waals surface area (Å²) in [5, 5.41) is 0. The predicted octanol–water partition coefficient (Wildman–Crippen LogP) is 1.42. The SMILES string of the molecule is CC(CN)CSCC1CN(C(C)C)CCO1. The summed E-state index contributed by atoms with van der Waals surface area (Å²) in [6.07, 6.45) is 0.408. The van der Waals surface area contributed by atoms with E-state index in [1.165, 1.54) is 0 Å². The van der Waals surface area contributed by atoms with Gasteiger partial charge >= 0.3 is 0 Å². The van der Waals surface area contributed by atoms with Crippen molar-refractivity contribution in [1.82, 2.24) is 4.90 Å². The molecule has 0 bridgehead atoms. The number of nitrogens with zero attached hydrogens (tertiary/aromatic N) is 1. The zero-order valence-electron chi connectivity index (χ0n) is 10.8. The summed E-state index contributed by atoms with van der Waals surface area (Å²) >= 11 is 1.97. The van der Waals surface area contributed by atoms with Crippen molar-refractivity contribution in [3.63, 3.8) is 0 Å².